The maximum Gasteiger partial charge on any atom is 0.250 e. The molecule has 0 bridgehead atoms. The largest absolute Gasteiger partial charge is 0.347 e. The highest BCUT2D eigenvalue weighted by atomic mass is 16.2. The van der Waals surface area contributed by atoms with Crippen LogP contribution in [0.2, 0.25) is 0 Å². The lowest BCUT2D eigenvalue weighted by atomic mass is 9.87. The van der Waals surface area contributed by atoms with E-state index in [2.05, 4.69) is 56.2 Å². The van der Waals surface area contributed by atoms with Gasteiger partial charge in [-0.15, -0.1) is 0 Å². The first-order valence-electron chi connectivity index (χ1n) is 23.6. The summed E-state index contributed by atoms with van der Waals surface area (Å²) in [5, 5.41) is 18.2. The number of hydrogen-bond acceptors (Lipinski definition) is 8. The number of nitrogens with zero attached hydrogens (tertiary/aromatic N) is 2. The Balaban J connectivity index is 1.04. The van der Waals surface area contributed by atoms with Crippen LogP contribution in [0.25, 0.3) is 6.08 Å². The van der Waals surface area contributed by atoms with Crippen molar-refractivity contribution in [2.24, 2.45) is 0 Å². The molecule has 0 radical (unpaired) electrons. The van der Waals surface area contributed by atoms with Crippen molar-refractivity contribution in [3.8, 4) is 0 Å². The van der Waals surface area contributed by atoms with Crippen LogP contribution in [0.1, 0.15) is 123 Å². The number of aryl methyl sites for hydroxylation is 2. The van der Waals surface area contributed by atoms with Gasteiger partial charge in [-0.05, 0) is 132 Å². The number of amides is 6. The van der Waals surface area contributed by atoms with Crippen molar-refractivity contribution in [3.63, 3.8) is 0 Å². The molecule has 4 aliphatic rings. The number of likely N-dealkylation sites (tertiary alicyclic amines) is 2. The molecule has 2 saturated heterocycles. The zero-order chi connectivity index (χ0) is 46.0. The summed E-state index contributed by atoms with van der Waals surface area (Å²) < 4.78 is 0. The van der Waals surface area contributed by atoms with E-state index in [-0.39, 0.29) is 53.9 Å². The van der Waals surface area contributed by atoms with Crippen molar-refractivity contribution in [2.75, 3.05) is 27.2 Å². The summed E-state index contributed by atoms with van der Waals surface area (Å²) in [7, 11) is 3.35. The summed E-state index contributed by atoms with van der Waals surface area (Å²) in [6.45, 7) is 4.25. The maximum atomic E-state index is 14.5. The highest BCUT2D eigenvalue weighted by molar-refractivity contribution is 5.95. The quantitative estimate of drug-likeness (QED) is 0.123. The fourth-order valence-corrected chi connectivity index (χ4v) is 9.79. The van der Waals surface area contributed by atoms with Gasteiger partial charge in [-0.1, -0.05) is 84.9 Å². The molecule has 65 heavy (non-hydrogen) atoms. The van der Waals surface area contributed by atoms with Crippen LogP contribution < -0.4 is 31.9 Å². The topological polar surface area (TPSA) is 181 Å². The molecule has 14 heteroatoms. The molecule has 3 aromatic rings. The van der Waals surface area contributed by atoms with Crippen LogP contribution >= 0.6 is 0 Å². The number of carbonyl (C=O) groups is 6. The van der Waals surface area contributed by atoms with E-state index in [4.69, 9.17) is 0 Å². The number of benzene rings is 3. The second kappa shape index (κ2) is 21.9. The van der Waals surface area contributed by atoms with Crippen LogP contribution in [0.15, 0.2) is 78.9 Å². The van der Waals surface area contributed by atoms with E-state index in [1.807, 2.05) is 48.6 Å². The van der Waals surface area contributed by atoms with Crippen molar-refractivity contribution in [1.82, 2.24) is 41.7 Å². The molecule has 0 spiro atoms. The second-order valence-electron chi connectivity index (χ2n) is 18.0. The normalized spacial score (nSPS) is 22.2. The first kappa shape index (κ1) is 47.1. The predicted molar refractivity (Wildman–Crippen MR) is 250 cm³/mol. The Morgan fingerprint density at radius 3 is 1.63 bits per heavy atom. The zero-order valence-electron chi connectivity index (χ0n) is 38.2. The fraction of sp³-hybridized carbons (Fsp3) is 0.490. The van der Waals surface area contributed by atoms with E-state index in [0.29, 0.717) is 44.3 Å². The molecule has 2 aliphatic carbocycles. The minimum atomic E-state index is -1.04. The first-order valence-corrected chi connectivity index (χ1v) is 23.6. The molecule has 1 unspecified atom stereocenters. The monoisotopic (exact) mass is 887 g/mol. The number of nitrogens with one attached hydrogen (secondary N) is 6. The van der Waals surface area contributed by atoms with Crippen molar-refractivity contribution in [2.45, 2.75) is 133 Å². The minimum absolute atomic E-state index is 0.109. The highest BCUT2D eigenvalue weighted by Crippen LogP contribution is 2.32. The lowest BCUT2D eigenvalue weighted by molar-refractivity contribution is -0.142. The molecule has 2 aliphatic heterocycles. The highest BCUT2D eigenvalue weighted by Gasteiger charge is 2.41. The van der Waals surface area contributed by atoms with Gasteiger partial charge in [0.2, 0.25) is 35.4 Å². The smallest absolute Gasteiger partial charge is 0.250 e. The molecular formula is C51H66N8O6. The Bertz CT molecular complexity index is 2230. The van der Waals surface area contributed by atoms with E-state index >= 15 is 0 Å². The summed E-state index contributed by atoms with van der Waals surface area (Å²) in [6.07, 6.45) is 11.8. The molecule has 8 atom stereocenters. The molecule has 6 amide bonds. The van der Waals surface area contributed by atoms with Gasteiger partial charge < -0.3 is 41.7 Å². The molecule has 7 rings (SSSR count). The number of hydrogen-bond donors (Lipinski definition) is 6. The summed E-state index contributed by atoms with van der Waals surface area (Å²) in [4.78, 5) is 86.1. The van der Waals surface area contributed by atoms with E-state index in [9.17, 15) is 28.8 Å². The van der Waals surface area contributed by atoms with Crippen LogP contribution in [0, 0.1) is 0 Å². The van der Waals surface area contributed by atoms with Crippen LogP contribution in [0.5, 0.6) is 0 Å². The molecule has 3 aromatic carbocycles. The van der Waals surface area contributed by atoms with Gasteiger partial charge in [0.1, 0.15) is 24.2 Å². The standard InChI is InChI=1S/C51H66N8O6/c1-32(52-3)46(60)56-42(50(64)58-30-12-24-43(58)48(62)54-40-21-10-17-35-15-5-7-19-38(35)40)23-9-14-34-26-28-37(29-27-34)45(57-47(61)33(2)53-4)51(65)59-31-13-25-44(59)49(63)55-41-22-11-18-36-16-6-8-20-39(36)41/h5-9,14-16,19-20,26-29,32-33,40-45,52-53H,10-13,17-18,21-25,30-31H2,1-4H3,(H,54,62)(H,55,63)(H,56,60)(H,57,61)/b14-9+/t32-,33-,40?,41+,42-,43-,44-,45-/m0/s1. The van der Waals surface area contributed by atoms with Gasteiger partial charge in [-0.25, -0.2) is 0 Å². The third-order valence-electron chi connectivity index (χ3n) is 13.8. The molecule has 0 aromatic heterocycles. The van der Waals surface area contributed by atoms with Crippen molar-refractivity contribution >= 4 is 41.5 Å². The average Bonchev–Trinajstić information content (AvgIpc) is 4.04. The average molecular weight is 887 g/mol. The number of carbonyl (C=O) groups excluding carboxylic acids is 6. The number of likely N-dealkylation sites (N-methyl/N-ethyl adjacent to an activating group) is 2. The summed E-state index contributed by atoms with van der Waals surface area (Å²) >= 11 is 0. The Hall–Kier alpha value is -5.86. The van der Waals surface area contributed by atoms with Crippen LogP contribution in [0.4, 0.5) is 0 Å². The Morgan fingerprint density at radius 2 is 1.11 bits per heavy atom. The number of fused-ring (bicyclic) bond motifs is 2. The fourth-order valence-electron chi connectivity index (χ4n) is 9.79. The van der Waals surface area contributed by atoms with Gasteiger partial charge in [0.25, 0.3) is 0 Å². The molecule has 6 N–H and O–H groups in total. The van der Waals surface area contributed by atoms with Crippen LogP contribution in [0.3, 0.4) is 0 Å². The Morgan fingerprint density at radius 1 is 0.615 bits per heavy atom. The van der Waals surface area contributed by atoms with E-state index in [1.54, 1.807) is 49.9 Å². The Kier molecular flexibility index (Phi) is 15.9. The van der Waals surface area contributed by atoms with E-state index in [1.165, 1.54) is 11.1 Å². The third kappa shape index (κ3) is 11.2. The summed E-state index contributed by atoms with van der Waals surface area (Å²) in [5.41, 5.74) is 6.06. The van der Waals surface area contributed by atoms with Crippen molar-refractivity contribution in [3.05, 3.63) is 112 Å². The minimum Gasteiger partial charge on any atom is -0.347 e. The molecule has 2 fully saturated rings. The second-order valence-corrected chi connectivity index (χ2v) is 18.0. The van der Waals surface area contributed by atoms with E-state index < -0.39 is 36.3 Å². The summed E-state index contributed by atoms with van der Waals surface area (Å²) in [6, 6.07) is 19.0. The first-order chi connectivity index (χ1) is 31.5. The van der Waals surface area contributed by atoms with Gasteiger partial charge in [-0.2, -0.15) is 0 Å². The predicted octanol–water partition coefficient (Wildman–Crippen LogP) is 4.32. The Labute approximate surface area is 383 Å². The third-order valence-corrected chi connectivity index (χ3v) is 13.8. The van der Waals surface area contributed by atoms with Gasteiger partial charge >= 0.3 is 0 Å². The van der Waals surface area contributed by atoms with Crippen LogP contribution in [-0.2, 0) is 41.6 Å². The van der Waals surface area contributed by atoms with E-state index in [0.717, 1.165) is 55.2 Å². The zero-order valence-corrected chi connectivity index (χ0v) is 38.2. The van der Waals surface area contributed by atoms with Crippen molar-refractivity contribution < 1.29 is 28.8 Å². The lowest BCUT2D eigenvalue weighted by Crippen LogP contribution is -2.55. The molecule has 0 saturated carbocycles. The molecule has 14 nitrogen and oxygen atoms in total. The van der Waals surface area contributed by atoms with Gasteiger partial charge in [0, 0.05) is 13.1 Å². The van der Waals surface area contributed by atoms with Crippen LogP contribution in [-0.4, -0.2) is 103 Å². The van der Waals surface area contributed by atoms with Crippen molar-refractivity contribution in [1.29, 1.82) is 0 Å². The van der Waals surface area contributed by atoms with Gasteiger partial charge in [0.15, 0.2) is 0 Å². The maximum absolute atomic E-state index is 14.5. The number of rotatable bonds is 16. The lowest BCUT2D eigenvalue weighted by Gasteiger charge is -2.32. The molecule has 2 heterocycles. The molecular weight excluding hydrogens is 821 g/mol. The van der Waals surface area contributed by atoms with Gasteiger partial charge in [-0.3, -0.25) is 28.8 Å². The van der Waals surface area contributed by atoms with Gasteiger partial charge in [0.05, 0.1) is 24.2 Å². The summed E-state index contributed by atoms with van der Waals surface area (Å²) in [5.74, 6) is -1.70. The SMILES string of the molecule is CN[C@@H](C)C(=O)N[C@@H](C/C=C/c1ccc([C@H](NC(=O)[C@H](C)NC)C(=O)N2CCC[C@H]2C(=O)N[C@@H]2CCCc3ccccc32)cc1)C(=O)N1CCC[C@H]1C(=O)NC1CCCc2ccccc21. The molecule has 346 valence electrons.